The Hall–Kier alpha value is -2.31. The molecule has 7 heteroatoms. The summed E-state index contributed by atoms with van der Waals surface area (Å²) >= 11 is 0. The van der Waals surface area contributed by atoms with Crippen LogP contribution in [-0.4, -0.2) is 51.3 Å². The summed E-state index contributed by atoms with van der Waals surface area (Å²) in [5.41, 5.74) is 0.169. The number of rotatable bonds is 4. The Bertz CT molecular complexity index is 682. The number of H-pyrrole nitrogens is 1. The van der Waals surface area contributed by atoms with Crippen LogP contribution >= 0.6 is 0 Å². The van der Waals surface area contributed by atoms with Crippen LogP contribution in [0.3, 0.4) is 0 Å². The highest BCUT2D eigenvalue weighted by Gasteiger charge is 2.56. The number of hydrogen-bond donors (Lipinski definition) is 2. The molecule has 1 saturated carbocycles. The Morgan fingerprint density at radius 3 is 2.79 bits per heavy atom. The fraction of sp³-hybridized carbons (Fsp3) is 0.588. The summed E-state index contributed by atoms with van der Waals surface area (Å²) in [6.07, 6.45) is 5.56. The summed E-state index contributed by atoms with van der Waals surface area (Å²) in [7, 11) is 0. The zero-order valence-electron chi connectivity index (χ0n) is 13.7. The van der Waals surface area contributed by atoms with Crippen molar-refractivity contribution in [2.24, 2.45) is 5.92 Å². The lowest BCUT2D eigenvalue weighted by Gasteiger charge is -2.26. The average molecular weight is 330 g/mol. The van der Waals surface area contributed by atoms with Gasteiger partial charge in [-0.25, -0.2) is 4.79 Å². The summed E-state index contributed by atoms with van der Waals surface area (Å²) in [5, 5.41) is 2.79. The molecule has 128 valence electrons. The van der Waals surface area contributed by atoms with Crippen LogP contribution in [0.4, 0.5) is 4.79 Å². The van der Waals surface area contributed by atoms with E-state index in [1.165, 1.54) is 0 Å². The summed E-state index contributed by atoms with van der Waals surface area (Å²) in [6.45, 7) is 2.25. The van der Waals surface area contributed by atoms with Crippen molar-refractivity contribution >= 4 is 17.8 Å². The molecule has 3 fully saturated rings. The van der Waals surface area contributed by atoms with Crippen LogP contribution in [0.25, 0.3) is 0 Å². The van der Waals surface area contributed by atoms with Gasteiger partial charge >= 0.3 is 6.03 Å². The van der Waals surface area contributed by atoms with Crippen LogP contribution in [0.2, 0.25) is 0 Å². The molecule has 2 atom stereocenters. The first-order chi connectivity index (χ1) is 11.5. The summed E-state index contributed by atoms with van der Waals surface area (Å²) in [6, 6.07) is 3.43. The first-order valence-corrected chi connectivity index (χ1v) is 8.57. The first-order valence-electron chi connectivity index (χ1n) is 8.57. The molecule has 2 aliphatic heterocycles. The van der Waals surface area contributed by atoms with Crippen molar-refractivity contribution in [1.29, 1.82) is 0 Å². The number of nitrogens with one attached hydrogen (secondary N) is 2. The standard InChI is InChI=1S/C17H22N4O3/c1-17(11-6-7-11)15(23)21(16(24)19-17)10-14(22)20-9-3-5-13(20)12-4-2-8-18-12/h2,4,8,11,13,18H,3,5-7,9-10H2,1H3,(H,19,24)/t13-,17+/m1/s1. The van der Waals surface area contributed by atoms with Gasteiger partial charge in [-0.3, -0.25) is 14.5 Å². The van der Waals surface area contributed by atoms with Gasteiger partial charge in [-0.2, -0.15) is 0 Å². The van der Waals surface area contributed by atoms with Gasteiger partial charge in [-0.15, -0.1) is 0 Å². The van der Waals surface area contributed by atoms with Crippen molar-refractivity contribution in [3.8, 4) is 0 Å². The molecule has 1 aliphatic carbocycles. The lowest BCUT2D eigenvalue weighted by Crippen LogP contribution is -2.47. The molecule has 0 radical (unpaired) electrons. The van der Waals surface area contributed by atoms with Crippen LogP contribution in [0, 0.1) is 5.92 Å². The fourth-order valence-electron chi connectivity index (χ4n) is 3.96. The molecule has 4 amide bonds. The molecule has 3 aliphatic rings. The van der Waals surface area contributed by atoms with Gasteiger partial charge in [0.05, 0.1) is 6.04 Å². The van der Waals surface area contributed by atoms with Gasteiger partial charge in [-0.1, -0.05) is 0 Å². The van der Waals surface area contributed by atoms with E-state index < -0.39 is 11.6 Å². The van der Waals surface area contributed by atoms with E-state index in [0.29, 0.717) is 6.54 Å². The van der Waals surface area contributed by atoms with E-state index in [0.717, 1.165) is 36.3 Å². The van der Waals surface area contributed by atoms with E-state index in [1.807, 2.05) is 18.3 Å². The maximum absolute atomic E-state index is 12.7. The quantitative estimate of drug-likeness (QED) is 0.818. The van der Waals surface area contributed by atoms with Gasteiger partial charge in [0.15, 0.2) is 0 Å². The molecule has 2 N–H and O–H groups in total. The molecule has 1 aromatic heterocycles. The number of aromatic amines is 1. The van der Waals surface area contributed by atoms with E-state index in [4.69, 9.17) is 0 Å². The second kappa shape index (κ2) is 5.36. The third-order valence-corrected chi connectivity index (χ3v) is 5.54. The van der Waals surface area contributed by atoms with Gasteiger partial charge in [0.2, 0.25) is 5.91 Å². The molecular weight excluding hydrogens is 308 g/mol. The Balaban J connectivity index is 1.48. The predicted octanol–water partition coefficient (Wildman–Crippen LogP) is 1.40. The molecule has 7 nitrogen and oxygen atoms in total. The lowest BCUT2D eigenvalue weighted by molar-refractivity contribution is -0.139. The van der Waals surface area contributed by atoms with Crippen molar-refractivity contribution < 1.29 is 14.4 Å². The number of carbonyl (C=O) groups excluding carboxylic acids is 3. The zero-order valence-corrected chi connectivity index (χ0v) is 13.7. The van der Waals surface area contributed by atoms with E-state index in [-0.39, 0.29) is 30.3 Å². The number of carbonyl (C=O) groups is 3. The molecular formula is C17H22N4O3. The minimum Gasteiger partial charge on any atom is -0.363 e. The highest BCUT2D eigenvalue weighted by atomic mass is 16.2. The molecule has 0 bridgehead atoms. The van der Waals surface area contributed by atoms with Gasteiger partial charge in [0.25, 0.3) is 5.91 Å². The number of aromatic nitrogens is 1. The van der Waals surface area contributed by atoms with Crippen LogP contribution in [0.1, 0.15) is 44.3 Å². The molecule has 0 aromatic carbocycles. The molecule has 4 rings (SSSR count). The van der Waals surface area contributed by atoms with E-state index in [2.05, 4.69) is 10.3 Å². The highest BCUT2D eigenvalue weighted by Crippen LogP contribution is 2.42. The van der Waals surface area contributed by atoms with Crippen molar-refractivity contribution in [1.82, 2.24) is 20.1 Å². The number of likely N-dealkylation sites (tertiary alicyclic amines) is 1. The van der Waals surface area contributed by atoms with Crippen molar-refractivity contribution in [3.63, 3.8) is 0 Å². The SMILES string of the molecule is C[C@@]1(C2CC2)NC(=O)N(CC(=O)N2CCC[C@@H]2c2ccc[nH]2)C1=O. The third-order valence-electron chi connectivity index (χ3n) is 5.54. The molecule has 0 spiro atoms. The summed E-state index contributed by atoms with van der Waals surface area (Å²) < 4.78 is 0. The molecule has 3 heterocycles. The minimum absolute atomic E-state index is 0.00285. The number of nitrogens with zero attached hydrogens (tertiary/aromatic N) is 2. The summed E-state index contributed by atoms with van der Waals surface area (Å²) in [4.78, 5) is 43.6. The van der Waals surface area contributed by atoms with E-state index in [9.17, 15) is 14.4 Å². The van der Waals surface area contributed by atoms with Crippen molar-refractivity contribution in [3.05, 3.63) is 24.0 Å². The number of amides is 4. The van der Waals surface area contributed by atoms with Gasteiger partial charge < -0.3 is 15.2 Å². The molecule has 2 saturated heterocycles. The number of imide groups is 1. The largest absolute Gasteiger partial charge is 0.363 e. The zero-order chi connectivity index (χ0) is 16.9. The Kier molecular flexibility index (Phi) is 3.40. The number of urea groups is 1. The van der Waals surface area contributed by atoms with Crippen LogP contribution < -0.4 is 5.32 Å². The van der Waals surface area contributed by atoms with Gasteiger partial charge in [0, 0.05) is 18.4 Å². The second-order valence-electron chi connectivity index (χ2n) is 7.17. The topological polar surface area (TPSA) is 85.5 Å². The normalized spacial score (nSPS) is 30.1. The second-order valence-corrected chi connectivity index (χ2v) is 7.17. The van der Waals surface area contributed by atoms with Crippen molar-refractivity contribution in [2.75, 3.05) is 13.1 Å². The average Bonchev–Trinajstić information content (AvgIpc) is 3.00. The summed E-state index contributed by atoms with van der Waals surface area (Å²) in [5.74, 6) is -0.234. The predicted molar refractivity (Wildman–Crippen MR) is 85.9 cm³/mol. The smallest absolute Gasteiger partial charge is 0.325 e. The maximum Gasteiger partial charge on any atom is 0.325 e. The molecule has 1 aromatic rings. The van der Waals surface area contributed by atoms with E-state index >= 15 is 0 Å². The van der Waals surface area contributed by atoms with Crippen molar-refractivity contribution in [2.45, 2.75) is 44.2 Å². The van der Waals surface area contributed by atoms with Gasteiger partial charge in [0.1, 0.15) is 12.1 Å². The van der Waals surface area contributed by atoms with E-state index in [1.54, 1.807) is 11.8 Å². The third kappa shape index (κ3) is 2.30. The first kappa shape index (κ1) is 15.2. The van der Waals surface area contributed by atoms with Gasteiger partial charge in [-0.05, 0) is 50.7 Å². The van der Waals surface area contributed by atoms with Crippen LogP contribution in [0.5, 0.6) is 0 Å². The Labute approximate surface area is 140 Å². The van der Waals surface area contributed by atoms with Crippen LogP contribution in [-0.2, 0) is 9.59 Å². The Morgan fingerprint density at radius 2 is 2.12 bits per heavy atom. The highest BCUT2D eigenvalue weighted by molar-refractivity contribution is 6.09. The number of hydrogen-bond acceptors (Lipinski definition) is 3. The minimum atomic E-state index is -0.832. The molecule has 0 unspecified atom stereocenters. The lowest BCUT2D eigenvalue weighted by atomic mass is 9.96. The monoisotopic (exact) mass is 330 g/mol. The fourth-order valence-corrected chi connectivity index (χ4v) is 3.96. The Morgan fingerprint density at radius 1 is 1.33 bits per heavy atom. The van der Waals surface area contributed by atoms with Crippen LogP contribution in [0.15, 0.2) is 18.3 Å². The maximum atomic E-state index is 12.7. The molecule has 24 heavy (non-hydrogen) atoms.